The normalized spacial score (nSPS) is 10.6. The van der Waals surface area contributed by atoms with Crippen LogP contribution in [0.3, 0.4) is 0 Å². The second kappa shape index (κ2) is 4.97. The van der Waals surface area contributed by atoms with Crippen molar-refractivity contribution in [2.24, 2.45) is 0 Å². The number of aromatic nitrogens is 4. The molecule has 0 atom stereocenters. The third-order valence-electron chi connectivity index (χ3n) is 2.88. The summed E-state index contributed by atoms with van der Waals surface area (Å²) in [6.45, 7) is 2.68. The van der Waals surface area contributed by atoms with Gasteiger partial charge in [0.05, 0.1) is 0 Å². The first-order valence-electron chi connectivity index (χ1n) is 6.16. The summed E-state index contributed by atoms with van der Waals surface area (Å²) in [5, 5.41) is 10.4. The average Bonchev–Trinajstić information content (AvgIpc) is 3.08. The lowest BCUT2D eigenvalue weighted by molar-refractivity contribution is 1.04. The van der Waals surface area contributed by atoms with Gasteiger partial charge in [0.25, 0.3) is 0 Å². The number of nitrogens with one attached hydrogen (secondary N) is 3. The zero-order valence-corrected chi connectivity index (χ0v) is 10.6. The molecule has 96 valence electrons. The van der Waals surface area contributed by atoms with Gasteiger partial charge in [0.15, 0.2) is 5.82 Å². The fraction of sp³-hybridized carbons (Fsp3) is 0.143. The lowest BCUT2D eigenvalue weighted by Gasteiger charge is -2.06. The van der Waals surface area contributed by atoms with Crippen LogP contribution in [-0.2, 0) is 6.54 Å². The molecule has 5 heteroatoms. The van der Waals surface area contributed by atoms with Crippen LogP contribution in [0.5, 0.6) is 0 Å². The summed E-state index contributed by atoms with van der Waals surface area (Å²) in [7, 11) is 0. The molecule has 3 N–H and O–H groups in total. The minimum absolute atomic E-state index is 0.725. The first-order chi connectivity index (χ1) is 9.31. The summed E-state index contributed by atoms with van der Waals surface area (Å²) in [5.41, 5.74) is 3.28. The van der Waals surface area contributed by atoms with E-state index >= 15 is 0 Å². The maximum Gasteiger partial charge on any atom is 0.181 e. The lowest BCUT2D eigenvalue weighted by atomic mass is 10.2. The van der Waals surface area contributed by atoms with Crippen molar-refractivity contribution in [1.82, 2.24) is 20.2 Å². The summed E-state index contributed by atoms with van der Waals surface area (Å²) in [5.74, 6) is 1.54. The molecule has 0 fully saturated rings. The summed E-state index contributed by atoms with van der Waals surface area (Å²) in [4.78, 5) is 7.37. The van der Waals surface area contributed by atoms with Gasteiger partial charge in [-0.25, -0.2) is 4.98 Å². The van der Waals surface area contributed by atoms with E-state index in [1.165, 1.54) is 5.56 Å². The van der Waals surface area contributed by atoms with Crippen LogP contribution in [0.25, 0.3) is 11.4 Å². The van der Waals surface area contributed by atoms with Gasteiger partial charge in [-0.3, -0.25) is 5.10 Å². The van der Waals surface area contributed by atoms with Crippen molar-refractivity contribution in [2.45, 2.75) is 13.5 Å². The molecule has 5 nitrogen and oxygen atoms in total. The van der Waals surface area contributed by atoms with Crippen molar-refractivity contribution in [3.63, 3.8) is 0 Å². The Bertz CT molecular complexity index is 654. The summed E-state index contributed by atoms with van der Waals surface area (Å²) in [6.07, 6.45) is 3.90. The van der Waals surface area contributed by atoms with Gasteiger partial charge in [0.1, 0.15) is 5.82 Å². The van der Waals surface area contributed by atoms with E-state index in [9.17, 15) is 0 Å². The van der Waals surface area contributed by atoms with Gasteiger partial charge < -0.3 is 10.3 Å². The molecule has 2 heterocycles. The average molecular weight is 253 g/mol. The van der Waals surface area contributed by atoms with Crippen LogP contribution in [0.4, 0.5) is 5.69 Å². The maximum absolute atomic E-state index is 4.33. The van der Waals surface area contributed by atoms with Gasteiger partial charge in [-0.1, -0.05) is 12.1 Å². The van der Waals surface area contributed by atoms with Gasteiger partial charge in [0, 0.05) is 30.2 Å². The molecule has 0 bridgehead atoms. The van der Waals surface area contributed by atoms with Crippen LogP contribution in [0.1, 0.15) is 11.4 Å². The van der Waals surface area contributed by atoms with E-state index in [4.69, 9.17) is 0 Å². The number of rotatable bonds is 4. The quantitative estimate of drug-likeness (QED) is 0.669. The zero-order chi connectivity index (χ0) is 13.1. The predicted molar refractivity (Wildman–Crippen MR) is 74.7 cm³/mol. The Kier molecular flexibility index (Phi) is 3.02. The largest absolute Gasteiger partial charge is 0.381 e. The second-order valence-electron chi connectivity index (χ2n) is 4.40. The van der Waals surface area contributed by atoms with E-state index in [1.54, 1.807) is 0 Å². The van der Waals surface area contributed by atoms with Crippen molar-refractivity contribution >= 4 is 5.69 Å². The number of aryl methyl sites for hydroxylation is 1. The highest BCUT2D eigenvalue weighted by molar-refractivity contribution is 5.62. The number of nitrogens with zero attached hydrogens (tertiary/aromatic N) is 2. The molecule has 0 aliphatic rings. The Balaban J connectivity index is 1.76. The molecular formula is C14H15N5. The summed E-state index contributed by atoms with van der Waals surface area (Å²) < 4.78 is 0. The number of anilines is 1. The van der Waals surface area contributed by atoms with Crippen LogP contribution in [0.15, 0.2) is 42.7 Å². The van der Waals surface area contributed by atoms with E-state index in [-0.39, 0.29) is 0 Å². The van der Waals surface area contributed by atoms with Crippen LogP contribution < -0.4 is 5.32 Å². The predicted octanol–water partition coefficient (Wildman–Crippen LogP) is 2.72. The summed E-state index contributed by atoms with van der Waals surface area (Å²) >= 11 is 0. The van der Waals surface area contributed by atoms with E-state index in [2.05, 4.69) is 37.6 Å². The minimum atomic E-state index is 0.725. The fourth-order valence-electron chi connectivity index (χ4n) is 1.91. The molecule has 19 heavy (non-hydrogen) atoms. The van der Waals surface area contributed by atoms with Crippen LogP contribution in [0, 0.1) is 6.92 Å². The lowest BCUT2D eigenvalue weighted by Crippen LogP contribution is -1.98. The molecule has 0 spiro atoms. The van der Waals surface area contributed by atoms with Crippen molar-refractivity contribution in [3.8, 4) is 11.4 Å². The van der Waals surface area contributed by atoms with Gasteiger partial charge in [-0.2, -0.15) is 5.10 Å². The Hall–Kier alpha value is -2.56. The Morgan fingerprint density at radius 1 is 1.26 bits per heavy atom. The Labute approximate surface area is 111 Å². The third-order valence-corrected chi connectivity index (χ3v) is 2.88. The number of hydrogen-bond acceptors (Lipinski definition) is 3. The number of aromatic amines is 2. The van der Waals surface area contributed by atoms with E-state index in [0.29, 0.717) is 0 Å². The van der Waals surface area contributed by atoms with Gasteiger partial charge >= 0.3 is 0 Å². The van der Waals surface area contributed by atoms with Crippen LogP contribution in [0.2, 0.25) is 0 Å². The standard InChI is InChI=1S/C14H15N5/c1-10-17-14(19-18-10)12-3-2-4-13(7-12)16-9-11-5-6-15-8-11/h2-8,15-16H,9H2,1H3,(H,17,18,19). The number of benzene rings is 1. The first kappa shape index (κ1) is 11.5. The molecule has 0 amide bonds. The molecule has 0 aliphatic heterocycles. The highest BCUT2D eigenvalue weighted by atomic mass is 15.2. The van der Waals surface area contributed by atoms with Crippen LogP contribution >= 0.6 is 0 Å². The molecule has 0 radical (unpaired) electrons. The van der Waals surface area contributed by atoms with Gasteiger partial charge in [-0.15, -0.1) is 0 Å². The molecule has 0 saturated heterocycles. The second-order valence-corrected chi connectivity index (χ2v) is 4.40. The van der Waals surface area contributed by atoms with Gasteiger partial charge in [0.2, 0.25) is 0 Å². The molecule has 0 saturated carbocycles. The Morgan fingerprint density at radius 2 is 2.21 bits per heavy atom. The van der Waals surface area contributed by atoms with Crippen molar-refractivity contribution in [2.75, 3.05) is 5.32 Å². The minimum Gasteiger partial charge on any atom is -0.381 e. The molecular weight excluding hydrogens is 238 g/mol. The number of H-pyrrole nitrogens is 2. The topological polar surface area (TPSA) is 69.4 Å². The molecule has 0 unspecified atom stereocenters. The monoisotopic (exact) mass is 253 g/mol. The highest BCUT2D eigenvalue weighted by Gasteiger charge is 2.04. The Morgan fingerprint density at radius 3 is 2.95 bits per heavy atom. The molecule has 3 rings (SSSR count). The SMILES string of the molecule is Cc1nc(-c2cccc(NCc3cc[nH]c3)c2)n[nH]1. The molecule has 3 aromatic rings. The van der Waals surface area contributed by atoms with Crippen molar-refractivity contribution in [3.05, 3.63) is 54.1 Å². The fourth-order valence-corrected chi connectivity index (χ4v) is 1.91. The molecule has 1 aromatic carbocycles. The zero-order valence-electron chi connectivity index (χ0n) is 10.6. The highest BCUT2D eigenvalue weighted by Crippen LogP contribution is 2.19. The van der Waals surface area contributed by atoms with Crippen molar-refractivity contribution in [1.29, 1.82) is 0 Å². The molecule has 2 aromatic heterocycles. The molecule has 0 aliphatic carbocycles. The van der Waals surface area contributed by atoms with Crippen LogP contribution in [-0.4, -0.2) is 20.2 Å². The smallest absolute Gasteiger partial charge is 0.181 e. The van der Waals surface area contributed by atoms with Gasteiger partial charge in [-0.05, 0) is 30.7 Å². The number of hydrogen-bond donors (Lipinski definition) is 3. The maximum atomic E-state index is 4.33. The summed E-state index contributed by atoms with van der Waals surface area (Å²) in [6, 6.07) is 10.1. The van der Waals surface area contributed by atoms with E-state index < -0.39 is 0 Å². The third kappa shape index (κ3) is 2.65. The van der Waals surface area contributed by atoms with Crippen molar-refractivity contribution < 1.29 is 0 Å². The van der Waals surface area contributed by atoms with E-state index in [0.717, 1.165) is 29.4 Å². The first-order valence-corrected chi connectivity index (χ1v) is 6.16. The van der Waals surface area contributed by atoms with E-state index in [1.807, 2.05) is 37.5 Å².